The molecule has 2 heterocycles. The molecule has 2 aliphatic heterocycles. The molecule has 0 aromatic heterocycles. The van der Waals surface area contributed by atoms with Gasteiger partial charge in [0.1, 0.15) is 5.54 Å². The van der Waals surface area contributed by atoms with Gasteiger partial charge in [0.2, 0.25) is 5.91 Å². The van der Waals surface area contributed by atoms with Crippen molar-refractivity contribution in [2.75, 3.05) is 13.1 Å². The van der Waals surface area contributed by atoms with E-state index < -0.39 is 5.54 Å². The molecule has 4 amide bonds. The van der Waals surface area contributed by atoms with Gasteiger partial charge in [0.15, 0.2) is 0 Å². The summed E-state index contributed by atoms with van der Waals surface area (Å²) in [6, 6.07) is -0.000529. The average molecular weight is 335 g/mol. The van der Waals surface area contributed by atoms with Crippen LogP contribution in [0.2, 0.25) is 0 Å². The Hall–Kier alpha value is -1.59. The zero-order chi connectivity index (χ0) is 17.2. The van der Waals surface area contributed by atoms with Gasteiger partial charge in [-0.3, -0.25) is 14.5 Å². The lowest BCUT2D eigenvalue weighted by Gasteiger charge is -2.35. The van der Waals surface area contributed by atoms with Crippen molar-refractivity contribution in [3.8, 4) is 0 Å². The summed E-state index contributed by atoms with van der Waals surface area (Å²) in [7, 11) is 0. The Morgan fingerprint density at radius 1 is 1.17 bits per heavy atom. The van der Waals surface area contributed by atoms with Crippen LogP contribution < -0.4 is 5.32 Å². The number of likely N-dealkylation sites (tertiary alicyclic amines) is 1. The van der Waals surface area contributed by atoms with Gasteiger partial charge in [-0.2, -0.15) is 0 Å². The van der Waals surface area contributed by atoms with Crippen molar-refractivity contribution in [2.45, 2.75) is 82.7 Å². The van der Waals surface area contributed by atoms with Gasteiger partial charge in [0, 0.05) is 25.6 Å². The van der Waals surface area contributed by atoms with Crippen LogP contribution in [0.25, 0.3) is 0 Å². The molecule has 3 fully saturated rings. The molecule has 0 aromatic carbocycles. The molecule has 1 aliphatic carbocycles. The molecule has 1 spiro atoms. The first-order chi connectivity index (χ1) is 11.6. The molecule has 3 rings (SSSR count). The van der Waals surface area contributed by atoms with Crippen LogP contribution in [-0.4, -0.2) is 52.3 Å². The fraction of sp³-hybridized carbons (Fsp3) is 0.833. The van der Waals surface area contributed by atoms with Crippen LogP contribution in [-0.2, 0) is 9.59 Å². The second kappa shape index (κ2) is 7.11. The van der Waals surface area contributed by atoms with Crippen molar-refractivity contribution >= 4 is 17.8 Å². The van der Waals surface area contributed by atoms with Gasteiger partial charge >= 0.3 is 6.03 Å². The number of carbonyl (C=O) groups is 3. The fourth-order valence-electron chi connectivity index (χ4n) is 4.48. The molecule has 0 bridgehead atoms. The van der Waals surface area contributed by atoms with Crippen LogP contribution in [0.4, 0.5) is 4.79 Å². The van der Waals surface area contributed by atoms with Crippen molar-refractivity contribution in [3.05, 3.63) is 0 Å². The minimum Gasteiger partial charge on any atom is -0.340 e. The zero-order valence-corrected chi connectivity index (χ0v) is 14.7. The van der Waals surface area contributed by atoms with E-state index in [1.165, 1.54) is 11.3 Å². The summed E-state index contributed by atoms with van der Waals surface area (Å²) in [4.78, 5) is 40.7. The molecular weight excluding hydrogens is 306 g/mol. The summed E-state index contributed by atoms with van der Waals surface area (Å²) in [5.74, 6) is -0.0440. The molecule has 6 heteroatoms. The van der Waals surface area contributed by atoms with E-state index in [9.17, 15) is 14.4 Å². The van der Waals surface area contributed by atoms with E-state index in [4.69, 9.17) is 0 Å². The third-order valence-electron chi connectivity index (χ3n) is 5.92. The molecule has 1 saturated carbocycles. The Morgan fingerprint density at radius 2 is 1.92 bits per heavy atom. The third-order valence-corrected chi connectivity index (χ3v) is 5.92. The summed E-state index contributed by atoms with van der Waals surface area (Å²) in [5, 5.41) is 2.90. The van der Waals surface area contributed by atoms with E-state index in [1.807, 2.05) is 4.90 Å². The van der Waals surface area contributed by atoms with Crippen LogP contribution in [0.5, 0.6) is 0 Å². The molecule has 134 valence electrons. The predicted molar refractivity (Wildman–Crippen MR) is 90.3 cm³/mol. The van der Waals surface area contributed by atoms with E-state index in [1.54, 1.807) is 0 Å². The standard InChI is InChI=1S/C18H29N3O3/c1-2-14-8-4-7-12-20(14)15(22)9-13-21-16(23)18(19-17(21)24)10-5-3-6-11-18/h14H,2-13H2,1H3,(H,19,24)/t14-/m0/s1. The molecule has 6 nitrogen and oxygen atoms in total. The molecule has 0 radical (unpaired) electrons. The maximum atomic E-state index is 12.7. The van der Waals surface area contributed by atoms with Gasteiger partial charge in [-0.25, -0.2) is 4.79 Å². The molecule has 0 aromatic rings. The first kappa shape index (κ1) is 17.2. The minimum absolute atomic E-state index is 0.0757. The van der Waals surface area contributed by atoms with E-state index in [-0.39, 0.29) is 30.8 Å². The molecule has 3 aliphatic rings. The quantitative estimate of drug-likeness (QED) is 0.802. The summed E-state index contributed by atoms with van der Waals surface area (Å²) >= 11 is 0. The number of imide groups is 1. The summed E-state index contributed by atoms with van der Waals surface area (Å²) in [6.45, 7) is 3.13. The highest BCUT2D eigenvalue weighted by atomic mass is 16.2. The van der Waals surface area contributed by atoms with Gasteiger partial charge in [-0.05, 0) is 38.5 Å². The SMILES string of the molecule is CC[C@H]1CCCCN1C(=O)CCN1C(=O)NC2(CCCCC2)C1=O. The van der Waals surface area contributed by atoms with Gasteiger partial charge in [-0.15, -0.1) is 0 Å². The van der Waals surface area contributed by atoms with Crippen LogP contribution >= 0.6 is 0 Å². The fourth-order valence-corrected chi connectivity index (χ4v) is 4.48. The molecule has 0 unspecified atom stereocenters. The number of carbonyl (C=O) groups excluding carboxylic acids is 3. The predicted octanol–water partition coefficient (Wildman–Crippen LogP) is 2.42. The lowest BCUT2D eigenvalue weighted by atomic mass is 9.82. The van der Waals surface area contributed by atoms with Crippen LogP contribution in [0, 0.1) is 0 Å². The molecule has 24 heavy (non-hydrogen) atoms. The van der Waals surface area contributed by atoms with Crippen molar-refractivity contribution < 1.29 is 14.4 Å². The Bertz CT molecular complexity index is 514. The second-order valence-electron chi connectivity index (χ2n) is 7.42. The molecule has 1 N–H and O–H groups in total. The number of rotatable bonds is 4. The number of nitrogens with one attached hydrogen (secondary N) is 1. The Morgan fingerprint density at radius 3 is 2.62 bits per heavy atom. The third kappa shape index (κ3) is 3.15. The summed E-state index contributed by atoms with van der Waals surface area (Å²) < 4.78 is 0. The highest BCUT2D eigenvalue weighted by molar-refractivity contribution is 6.07. The van der Waals surface area contributed by atoms with Gasteiger partial charge in [-0.1, -0.05) is 26.2 Å². The number of piperidine rings is 1. The second-order valence-corrected chi connectivity index (χ2v) is 7.42. The maximum Gasteiger partial charge on any atom is 0.325 e. The maximum absolute atomic E-state index is 12.7. The normalized spacial score (nSPS) is 26.8. The minimum atomic E-state index is -0.685. The average Bonchev–Trinajstić information content (AvgIpc) is 2.83. The first-order valence-corrected chi connectivity index (χ1v) is 9.51. The molecule has 1 atom stereocenters. The highest BCUT2D eigenvalue weighted by Gasteiger charge is 2.51. The van der Waals surface area contributed by atoms with E-state index in [0.29, 0.717) is 6.04 Å². The highest BCUT2D eigenvalue weighted by Crippen LogP contribution is 2.33. The number of nitrogens with zero attached hydrogens (tertiary/aromatic N) is 2. The first-order valence-electron chi connectivity index (χ1n) is 9.51. The zero-order valence-electron chi connectivity index (χ0n) is 14.7. The van der Waals surface area contributed by atoms with Crippen molar-refractivity contribution in [3.63, 3.8) is 0 Å². The number of hydrogen-bond acceptors (Lipinski definition) is 3. The lowest BCUT2D eigenvalue weighted by molar-refractivity contribution is -0.136. The number of hydrogen-bond donors (Lipinski definition) is 1. The van der Waals surface area contributed by atoms with E-state index >= 15 is 0 Å². The monoisotopic (exact) mass is 335 g/mol. The summed E-state index contributed by atoms with van der Waals surface area (Å²) in [5.41, 5.74) is -0.685. The van der Waals surface area contributed by atoms with Gasteiger partial charge in [0.25, 0.3) is 5.91 Å². The van der Waals surface area contributed by atoms with Crippen molar-refractivity contribution in [1.29, 1.82) is 0 Å². The number of amides is 4. The van der Waals surface area contributed by atoms with Gasteiger partial charge < -0.3 is 10.2 Å². The van der Waals surface area contributed by atoms with Crippen LogP contribution in [0.3, 0.4) is 0 Å². The van der Waals surface area contributed by atoms with Crippen LogP contribution in [0.1, 0.15) is 71.1 Å². The van der Waals surface area contributed by atoms with Gasteiger partial charge in [0.05, 0.1) is 0 Å². The Kier molecular flexibility index (Phi) is 5.11. The summed E-state index contributed by atoms with van der Waals surface area (Å²) in [6.07, 6.45) is 9.04. The number of urea groups is 1. The smallest absolute Gasteiger partial charge is 0.325 e. The van der Waals surface area contributed by atoms with E-state index in [2.05, 4.69) is 12.2 Å². The largest absolute Gasteiger partial charge is 0.340 e. The van der Waals surface area contributed by atoms with Crippen molar-refractivity contribution in [2.24, 2.45) is 0 Å². The molecular formula is C18H29N3O3. The van der Waals surface area contributed by atoms with Crippen molar-refractivity contribution in [1.82, 2.24) is 15.1 Å². The topological polar surface area (TPSA) is 69.7 Å². The van der Waals surface area contributed by atoms with E-state index in [0.717, 1.165) is 57.9 Å². The lowest BCUT2D eigenvalue weighted by Crippen LogP contribution is -2.48. The Labute approximate surface area is 143 Å². The molecule has 2 saturated heterocycles. The van der Waals surface area contributed by atoms with Crippen LogP contribution in [0.15, 0.2) is 0 Å². The Balaban J connectivity index is 1.58.